The van der Waals surface area contributed by atoms with Crippen LogP contribution in [-0.2, 0) is 6.54 Å². The summed E-state index contributed by atoms with van der Waals surface area (Å²) in [5, 5.41) is 6.85. The smallest absolute Gasteiger partial charge is 0.123 e. The molecule has 4 N–H and O–H groups in total. The molecule has 2 rings (SSSR count). The highest BCUT2D eigenvalue weighted by molar-refractivity contribution is 5.28. The van der Waals surface area contributed by atoms with Crippen LogP contribution in [0.25, 0.3) is 0 Å². The first-order valence-electron chi connectivity index (χ1n) is 5.50. The number of hydrogen-bond acceptors (Lipinski definition) is 4. The zero-order chi connectivity index (χ0) is 10.5. The molecular weight excluding hydrogens is 188 g/mol. The van der Waals surface area contributed by atoms with Crippen LogP contribution < -0.4 is 16.4 Å². The summed E-state index contributed by atoms with van der Waals surface area (Å²) in [5.74, 6) is 0.597. The van der Waals surface area contributed by atoms with Crippen molar-refractivity contribution in [1.82, 2.24) is 15.6 Å². The van der Waals surface area contributed by atoms with E-state index < -0.39 is 0 Å². The summed E-state index contributed by atoms with van der Waals surface area (Å²) in [4.78, 5) is 4.26. The molecule has 1 aromatic rings. The second-order valence-electron chi connectivity index (χ2n) is 3.96. The van der Waals surface area contributed by atoms with Crippen molar-refractivity contribution in [3.05, 3.63) is 23.9 Å². The van der Waals surface area contributed by atoms with Crippen molar-refractivity contribution < 1.29 is 0 Å². The molecule has 82 valence electrons. The Morgan fingerprint density at radius 2 is 2.20 bits per heavy atom. The van der Waals surface area contributed by atoms with Gasteiger partial charge in [-0.3, -0.25) is 0 Å². The maximum absolute atomic E-state index is 5.62. The van der Waals surface area contributed by atoms with Gasteiger partial charge in [0.25, 0.3) is 0 Å². The highest BCUT2D eigenvalue weighted by atomic mass is 15.0. The molecule has 1 aliphatic heterocycles. The Balaban J connectivity index is 1.81. The Morgan fingerprint density at radius 1 is 1.40 bits per heavy atom. The summed E-state index contributed by atoms with van der Waals surface area (Å²) < 4.78 is 0. The van der Waals surface area contributed by atoms with E-state index in [1.54, 1.807) is 0 Å². The zero-order valence-corrected chi connectivity index (χ0v) is 8.87. The summed E-state index contributed by atoms with van der Waals surface area (Å²) in [6, 6.07) is 6.38. The van der Waals surface area contributed by atoms with E-state index in [4.69, 9.17) is 5.73 Å². The largest absolute Gasteiger partial charge is 0.384 e. The molecule has 2 heterocycles. The van der Waals surface area contributed by atoms with Crippen molar-refractivity contribution in [2.75, 3.05) is 18.8 Å². The first kappa shape index (κ1) is 10.4. The molecular formula is C11H18N4. The molecule has 0 bridgehead atoms. The molecule has 0 aromatic carbocycles. The van der Waals surface area contributed by atoms with Crippen LogP contribution in [0, 0.1) is 0 Å². The second kappa shape index (κ2) is 5.09. The van der Waals surface area contributed by atoms with Gasteiger partial charge in [0, 0.05) is 12.6 Å². The van der Waals surface area contributed by atoms with Gasteiger partial charge in [-0.1, -0.05) is 6.07 Å². The molecule has 0 aliphatic carbocycles. The number of piperidine rings is 1. The van der Waals surface area contributed by atoms with Gasteiger partial charge in [0.1, 0.15) is 5.82 Å². The maximum Gasteiger partial charge on any atom is 0.123 e. The molecule has 0 spiro atoms. The van der Waals surface area contributed by atoms with Gasteiger partial charge in [0.05, 0.1) is 5.69 Å². The van der Waals surface area contributed by atoms with Crippen molar-refractivity contribution >= 4 is 5.82 Å². The minimum Gasteiger partial charge on any atom is -0.384 e. The predicted octanol–water partition coefficient (Wildman–Crippen LogP) is 0.505. The highest BCUT2D eigenvalue weighted by Gasteiger charge is 2.11. The van der Waals surface area contributed by atoms with E-state index in [2.05, 4.69) is 15.6 Å². The summed E-state index contributed by atoms with van der Waals surface area (Å²) in [5.41, 5.74) is 6.64. The van der Waals surface area contributed by atoms with Gasteiger partial charge in [-0.25, -0.2) is 4.98 Å². The lowest BCUT2D eigenvalue weighted by Gasteiger charge is -2.23. The summed E-state index contributed by atoms with van der Waals surface area (Å²) in [6.45, 7) is 3.04. The van der Waals surface area contributed by atoms with Crippen LogP contribution in [0.4, 0.5) is 5.82 Å². The van der Waals surface area contributed by atoms with Gasteiger partial charge < -0.3 is 16.4 Å². The Bertz CT molecular complexity index is 307. The molecule has 0 saturated carbocycles. The Hall–Kier alpha value is -1.13. The molecule has 0 unspecified atom stereocenters. The monoisotopic (exact) mass is 206 g/mol. The van der Waals surface area contributed by atoms with E-state index in [-0.39, 0.29) is 0 Å². The Labute approximate surface area is 90.3 Å². The molecule has 1 fully saturated rings. The van der Waals surface area contributed by atoms with Crippen molar-refractivity contribution in [1.29, 1.82) is 0 Å². The van der Waals surface area contributed by atoms with Gasteiger partial charge in [-0.05, 0) is 38.1 Å². The number of pyridine rings is 1. The minimum absolute atomic E-state index is 0.597. The third kappa shape index (κ3) is 3.18. The van der Waals surface area contributed by atoms with Crippen LogP contribution in [0.15, 0.2) is 18.2 Å². The van der Waals surface area contributed by atoms with Crippen LogP contribution in [-0.4, -0.2) is 24.1 Å². The molecule has 0 atom stereocenters. The summed E-state index contributed by atoms with van der Waals surface area (Å²) >= 11 is 0. The number of nitrogens with zero attached hydrogens (tertiary/aromatic N) is 1. The number of anilines is 1. The lowest BCUT2D eigenvalue weighted by Crippen LogP contribution is -2.39. The third-order valence-corrected chi connectivity index (χ3v) is 2.74. The first-order valence-corrected chi connectivity index (χ1v) is 5.50. The zero-order valence-electron chi connectivity index (χ0n) is 8.87. The molecule has 1 saturated heterocycles. The highest BCUT2D eigenvalue weighted by Crippen LogP contribution is 2.04. The first-order chi connectivity index (χ1) is 7.34. The fraction of sp³-hybridized carbons (Fsp3) is 0.545. The van der Waals surface area contributed by atoms with Gasteiger partial charge in [0.2, 0.25) is 0 Å². The lowest BCUT2D eigenvalue weighted by atomic mass is 10.1. The molecule has 4 heteroatoms. The summed E-state index contributed by atoms with van der Waals surface area (Å²) in [7, 11) is 0. The average molecular weight is 206 g/mol. The van der Waals surface area contributed by atoms with E-state index in [1.165, 1.54) is 12.8 Å². The van der Waals surface area contributed by atoms with E-state index in [9.17, 15) is 0 Å². The molecule has 1 aromatic heterocycles. The predicted molar refractivity (Wildman–Crippen MR) is 61.4 cm³/mol. The SMILES string of the molecule is Nc1cccc(CNC2CCNCC2)n1. The molecule has 0 amide bonds. The van der Waals surface area contributed by atoms with Crippen LogP contribution in [0.3, 0.4) is 0 Å². The summed E-state index contributed by atoms with van der Waals surface area (Å²) in [6.07, 6.45) is 2.39. The fourth-order valence-electron chi connectivity index (χ4n) is 1.87. The number of hydrogen-bond donors (Lipinski definition) is 3. The minimum atomic E-state index is 0.597. The number of aromatic nitrogens is 1. The van der Waals surface area contributed by atoms with Gasteiger partial charge >= 0.3 is 0 Å². The van der Waals surface area contributed by atoms with Gasteiger partial charge in [0.15, 0.2) is 0 Å². The normalized spacial score (nSPS) is 17.9. The van der Waals surface area contributed by atoms with Crippen molar-refractivity contribution in [2.45, 2.75) is 25.4 Å². The van der Waals surface area contributed by atoms with Crippen LogP contribution >= 0.6 is 0 Å². The standard InChI is InChI=1S/C11H18N4/c12-11-3-1-2-10(15-11)8-14-9-4-6-13-7-5-9/h1-3,9,13-14H,4-8H2,(H2,12,15). The van der Waals surface area contributed by atoms with Crippen LogP contribution in [0.5, 0.6) is 0 Å². The lowest BCUT2D eigenvalue weighted by molar-refractivity contribution is 0.385. The van der Waals surface area contributed by atoms with Crippen LogP contribution in [0.1, 0.15) is 18.5 Å². The topological polar surface area (TPSA) is 63.0 Å². The number of nitrogens with two attached hydrogens (primary N) is 1. The quantitative estimate of drug-likeness (QED) is 0.674. The molecule has 1 aliphatic rings. The van der Waals surface area contributed by atoms with Crippen LogP contribution in [0.2, 0.25) is 0 Å². The second-order valence-corrected chi connectivity index (χ2v) is 3.96. The third-order valence-electron chi connectivity index (χ3n) is 2.74. The van der Waals surface area contributed by atoms with Gasteiger partial charge in [-0.2, -0.15) is 0 Å². The average Bonchev–Trinajstić information content (AvgIpc) is 2.28. The van der Waals surface area contributed by atoms with E-state index in [0.29, 0.717) is 11.9 Å². The van der Waals surface area contributed by atoms with Crippen molar-refractivity contribution in [3.63, 3.8) is 0 Å². The molecule has 15 heavy (non-hydrogen) atoms. The fourth-order valence-corrected chi connectivity index (χ4v) is 1.87. The Kier molecular flexibility index (Phi) is 3.53. The number of nitrogens with one attached hydrogen (secondary N) is 2. The number of nitrogen functional groups attached to an aromatic ring is 1. The van der Waals surface area contributed by atoms with Crippen molar-refractivity contribution in [2.24, 2.45) is 0 Å². The van der Waals surface area contributed by atoms with E-state index in [0.717, 1.165) is 25.3 Å². The van der Waals surface area contributed by atoms with Crippen molar-refractivity contribution in [3.8, 4) is 0 Å². The Morgan fingerprint density at radius 3 is 2.93 bits per heavy atom. The van der Waals surface area contributed by atoms with E-state index in [1.807, 2.05) is 18.2 Å². The van der Waals surface area contributed by atoms with E-state index >= 15 is 0 Å². The maximum atomic E-state index is 5.62. The van der Waals surface area contributed by atoms with Gasteiger partial charge in [-0.15, -0.1) is 0 Å². The number of rotatable bonds is 3. The molecule has 0 radical (unpaired) electrons. The molecule has 4 nitrogen and oxygen atoms in total.